The zero-order valence-electron chi connectivity index (χ0n) is 9.32. The molecule has 1 amide bonds. The van der Waals surface area contributed by atoms with Crippen molar-refractivity contribution in [1.82, 2.24) is 4.90 Å². The summed E-state index contributed by atoms with van der Waals surface area (Å²) in [6.45, 7) is 1.52. The minimum Gasteiger partial charge on any atom is -0.465 e. The maximum atomic E-state index is 10.8. The lowest BCUT2D eigenvalue weighted by atomic mass is 9.76. The van der Waals surface area contributed by atoms with E-state index in [2.05, 4.69) is 0 Å². The molecule has 0 aromatic carbocycles. The molecule has 1 aliphatic carbocycles. The Bertz CT molecular complexity index is 216. The van der Waals surface area contributed by atoms with Crippen molar-refractivity contribution in [2.24, 2.45) is 11.8 Å². The van der Waals surface area contributed by atoms with E-state index in [1.807, 2.05) is 0 Å². The maximum Gasteiger partial charge on any atom is 0.407 e. The second-order valence-electron chi connectivity index (χ2n) is 5.01. The van der Waals surface area contributed by atoms with Crippen molar-refractivity contribution in [3.05, 3.63) is 0 Å². The van der Waals surface area contributed by atoms with Crippen molar-refractivity contribution >= 4 is 6.09 Å². The van der Waals surface area contributed by atoms with Crippen LogP contribution in [-0.2, 0) is 0 Å². The Morgan fingerprint density at radius 1 is 0.933 bits per heavy atom. The van der Waals surface area contributed by atoms with E-state index in [4.69, 9.17) is 5.11 Å². The summed E-state index contributed by atoms with van der Waals surface area (Å²) in [5.41, 5.74) is 0. The Labute approximate surface area is 91.5 Å². The van der Waals surface area contributed by atoms with Gasteiger partial charge < -0.3 is 10.0 Å². The lowest BCUT2D eigenvalue weighted by Gasteiger charge is -2.36. The predicted molar refractivity (Wildman–Crippen MR) is 58.9 cm³/mol. The summed E-state index contributed by atoms with van der Waals surface area (Å²) in [6.07, 6.45) is 8.42. The maximum absolute atomic E-state index is 10.8. The van der Waals surface area contributed by atoms with Gasteiger partial charge in [-0.2, -0.15) is 0 Å². The molecule has 0 aromatic rings. The van der Waals surface area contributed by atoms with Gasteiger partial charge in [0.1, 0.15) is 0 Å². The molecule has 2 rings (SSSR count). The molecule has 0 bridgehead atoms. The first kappa shape index (κ1) is 10.8. The molecule has 2 fully saturated rings. The Kier molecular flexibility index (Phi) is 3.49. The van der Waals surface area contributed by atoms with Gasteiger partial charge in [0.2, 0.25) is 0 Å². The fourth-order valence-electron chi connectivity index (χ4n) is 3.17. The van der Waals surface area contributed by atoms with E-state index in [0.29, 0.717) is 0 Å². The third-order valence-electron chi connectivity index (χ3n) is 4.13. The van der Waals surface area contributed by atoms with Crippen LogP contribution < -0.4 is 0 Å². The smallest absolute Gasteiger partial charge is 0.407 e. The minimum atomic E-state index is -0.739. The molecule has 15 heavy (non-hydrogen) atoms. The highest BCUT2D eigenvalue weighted by Crippen LogP contribution is 2.35. The quantitative estimate of drug-likeness (QED) is 0.724. The van der Waals surface area contributed by atoms with Crippen LogP contribution in [0.25, 0.3) is 0 Å². The first-order valence-electron chi connectivity index (χ1n) is 6.25. The van der Waals surface area contributed by atoms with E-state index in [0.717, 1.165) is 37.8 Å². The number of hydrogen-bond donors (Lipinski definition) is 1. The Morgan fingerprint density at radius 3 is 2.00 bits per heavy atom. The summed E-state index contributed by atoms with van der Waals surface area (Å²) in [5.74, 6) is 1.70. The average molecular weight is 211 g/mol. The third kappa shape index (κ3) is 2.64. The van der Waals surface area contributed by atoms with Crippen LogP contribution >= 0.6 is 0 Å². The standard InChI is InChI=1S/C12H21NO2/c14-12(15)13-8-6-11(7-9-13)10-4-2-1-3-5-10/h10-11H,1-9H2,(H,14,15). The van der Waals surface area contributed by atoms with Crippen molar-refractivity contribution in [2.45, 2.75) is 44.9 Å². The summed E-state index contributed by atoms with van der Waals surface area (Å²) in [5, 5.41) is 8.86. The fourth-order valence-corrected chi connectivity index (χ4v) is 3.17. The third-order valence-corrected chi connectivity index (χ3v) is 4.13. The van der Waals surface area contributed by atoms with Gasteiger partial charge >= 0.3 is 6.09 Å². The topological polar surface area (TPSA) is 40.5 Å². The van der Waals surface area contributed by atoms with Gasteiger partial charge in [0.25, 0.3) is 0 Å². The van der Waals surface area contributed by atoms with Gasteiger partial charge in [0, 0.05) is 13.1 Å². The number of amides is 1. The monoisotopic (exact) mass is 211 g/mol. The van der Waals surface area contributed by atoms with Crippen molar-refractivity contribution in [3.8, 4) is 0 Å². The molecule has 3 heteroatoms. The predicted octanol–water partition coefficient (Wildman–Crippen LogP) is 2.96. The largest absolute Gasteiger partial charge is 0.465 e. The molecule has 2 aliphatic rings. The van der Waals surface area contributed by atoms with E-state index in [-0.39, 0.29) is 0 Å². The molecule has 0 spiro atoms. The lowest BCUT2D eigenvalue weighted by Crippen LogP contribution is -2.39. The van der Waals surface area contributed by atoms with Crippen molar-refractivity contribution in [2.75, 3.05) is 13.1 Å². The van der Waals surface area contributed by atoms with E-state index in [9.17, 15) is 4.79 Å². The molecule has 0 unspecified atom stereocenters. The molecule has 0 aromatic heterocycles. The number of rotatable bonds is 1. The zero-order chi connectivity index (χ0) is 10.7. The second kappa shape index (κ2) is 4.86. The molecule has 1 aliphatic heterocycles. The summed E-state index contributed by atoms with van der Waals surface area (Å²) in [4.78, 5) is 12.3. The summed E-state index contributed by atoms with van der Waals surface area (Å²) < 4.78 is 0. The SMILES string of the molecule is O=C(O)N1CCC(C2CCCCC2)CC1. The fraction of sp³-hybridized carbons (Fsp3) is 0.917. The van der Waals surface area contributed by atoms with Crippen LogP contribution in [0.5, 0.6) is 0 Å². The van der Waals surface area contributed by atoms with Crippen LogP contribution in [-0.4, -0.2) is 29.2 Å². The summed E-state index contributed by atoms with van der Waals surface area (Å²) >= 11 is 0. The number of carbonyl (C=O) groups is 1. The van der Waals surface area contributed by atoms with Gasteiger partial charge in [-0.05, 0) is 24.7 Å². The van der Waals surface area contributed by atoms with Crippen molar-refractivity contribution in [3.63, 3.8) is 0 Å². The summed E-state index contributed by atoms with van der Waals surface area (Å²) in [6, 6.07) is 0. The Balaban J connectivity index is 1.79. The number of carboxylic acid groups (broad SMARTS) is 1. The second-order valence-corrected chi connectivity index (χ2v) is 5.01. The molecule has 1 saturated heterocycles. The lowest BCUT2D eigenvalue weighted by molar-refractivity contribution is 0.104. The first-order chi connectivity index (χ1) is 7.27. The molecule has 1 heterocycles. The highest BCUT2D eigenvalue weighted by Gasteiger charge is 2.28. The van der Waals surface area contributed by atoms with Gasteiger partial charge in [0.15, 0.2) is 0 Å². The van der Waals surface area contributed by atoms with Crippen LogP contribution in [0, 0.1) is 11.8 Å². The van der Waals surface area contributed by atoms with Crippen LogP contribution in [0.1, 0.15) is 44.9 Å². The van der Waals surface area contributed by atoms with E-state index in [1.165, 1.54) is 32.1 Å². The molecule has 0 radical (unpaired) electrons. The number of hydrogen-bond acceptors (Lipinski definition) is 1. The summed E-state index contributed by atoms with van der Waals surface area (Å²) in [7, 11) is 0. The molecular formula is C12H21NO2. The van der Waals surface area contributed by atoms with Gasteiger partial charge in [-0.15, -0.1) is 0 Å². The first-order valence-corrected chi connectivity index (χ1v) is 6.25. The minimum absolute atomic E-state index is 0.739. The molecule has 86 valence electrons. The average Bonchev–Trinajstić information content (AvgIpc) is 2.30. The number of likely N-dealkylation sites (tertiary alicyclic amines) is 1. The Hall–Kier alpha value is -0.730. The van der Waals surface area contributed by atoms with Crippen LogP contribution in [0.3, 0.4) is 0 Å². The Morgan fingerprint density at radius 2 is 1.47 bits per heavy atom. The van der Waals surface area contributed by atoms with Gasteiger partial charge in [-0.3, -0.25) is 0 Å². The van der Waals surface area contributed by atoms with Crippen LogP contribution in [0.4, 0.5) is 4.79 Å². The molecule has 3 nitrogen and oxygen atoms in total. The highest BCUT2D eigenvalue weighted by atomic mass is 16.4. The van der Waals surface area contributed by atoms with Crippen LogP contribution in [0.15, 0.2) is 0 Å². The molecule has 1 N–H and O–H groups in total. The number of nitrogens with zero attached hydrogens (tertiary/aromatic N) is 1. The van der Waals surface area contributed by atoms with Crippen molar-refractivity contribution in [1.29, 1.82) is 0 Å². The normalized spacial score (nSPS) is 25.5. The van der Waals surface area contributed by atoms with E-state index >= 15 is 0 Å². The van der Waals surface area contributed by atoms with E-state index in [1.54, 1.807) is 4.90 Å². The molecular weight excluding hydrogens is 190 g/mol. The highest BCUT2D eigenvalue weighted by molar-refractivity contribution is 5.64. The van der Waals surface area contributed by atoms with Crippen LogP contribution in [0.2, 0.25) is 0 Å². The van der Waals surface area contributed by atoms with Gasteiger partial charge in [-0.1, -0.05) is 32.1 Å². The zero-order valence-corrected chi connectivity index (χ0v) is 9.32. The number of piperidine rings is 1. The molecule has 1 saturated carbocycles. The van der Waals surface area contributed by atoms with E-state index < -0.39 is 6.09 Å². The van der Waals surface area contributed by atoms with Gasteiger partial charge in [-0.25, -0.2) is 4.79 Å². The molecule has 0 atom stereocenters. The van der Waals surface area contributed by atoms with Crippen molar-refractivity contribution < 1.29 is 9.90 Å². The van der Waals surface area contributed by atoms with Gasteiger partial charge in [0.05, 0.1) is 0 Å².